The summed E-state index contributed by atoms with van der Waals surface area (Å²) < 4.78 is 36.5. The van der Waals surface area contributed by atoms with Crippen molar-refractivity contribution in [1.82, 2.24) is 25.8 Å². The number of benzene rings is 1. The van der Waals surface area contributed by atoms with Crippen LogP contribution in [0.15, 0.2) is 24.3 Å². The molecule has 0 radical (unpaired) electrons. The Morgan fingerprint density at radius 3 is 2.55 bits per heavy atom. The van der Waals surface area contributed by atoms with Gasteiger partial charge >= 0.3 is 0 Å². The van der Waals surface area contributed by atoms with Crippen molar-refractivity contribution >= 4 is 17.7 Å². The molecule has 1 aliphatic carbocycles. The number of para-hydroxylation sites is 1. The number of fused-ring (bicyclic) bond motifs is 2. The molecule has 1 aromatic rings. The number of likely N-dealkylation sites (N-methyl/N-ethyl adjacent to an activating group) is 1. The zero-order valence-electron chi connectivity index (χ0n) is 23.3. The minimum Gasteiger partial charge on any atom is -0.493 e. The summed E-state index contributed by atoms with van der Waals surface area (Å²) in [4.78, 5) is 43.7. The summed E-state index contributed by atoms with van der Waals surface area (Å²) in [6, 6.07) is 3.57. The highest BCUT2D eigenvalue weighted by Crippen LogP contribution is 2.36. The van der Waals surface area contributed by atoms with Gasteiger partial charge in [-0.15, -0.1) is 0 Å². The van der Waals surface area contributed by atoms with Gasteiger partial charge in [-0.1, -0.05) is 37.5 Å². The molecule has 1 saturated carbocycles. The van der Waals surface area contributed by atoms with Gasteiger partial charge in [0.25, 0.3) is 0 Å². The highest BCUT2D eigenvalue weighted by molar-refractivity contribution is 5.94. The molecule has 2 unspecified atom stereocenters. The van der Waals surface area contributed by atoms with Gasteiger partial charge in [0.15, 0.2) is 6.30 Å². The highest BCUT2D eigenvalue weighted by atomic mass is 19.1. The number of carbonyl (C=O) groups excluding carboxylic acids is 3. The van der Waals surface area contributed by atoms with Crippen LogP contribution in [0.25, 0.3) is 0 Å². The summed E-state index contributed by atoms with van der Waals surface area (Å²) >= 11 is 0. The Bertz CT molecular complexity index is 1090. The largest absolute Gasteiger partial charge is 0.493 e. The van der Waals surface area contributed by atoms with Crippen LogP contribution in [0.4, 0.5) is 8.78 Å². The molecule has 11 heteroatoms. The van der Waals surface area contributed by atoms with E-state index in [2.05, 4.69) is 16.0 Å². The van der Waals surface area contributed by atoms with Crippen molar-refractivity contribution in [1.29, 1.82) is 0 Å². The number of amides is 3. The monoisotopic (exact) mass is 561 g/mol. The van der Waals surface area contributed by atoms with Crippen LogP contribution in [-0.4, -0.2) is 90.9 Å². The Hall–Kier alpha value is -2.79. The minimum absolute atomic E-state index is 0.0273. The Balaban J connectivity index is 1.43. The summed E-state index contributed by atoms with van der Waals surface area (Å²) in [5.41, 5.74) is 0.823. The van der Waals surface area contributed by atoms with Crippen LogP contribution in [0, 0.1) is 5.92 Å². The lowest BCUT2D eigenvalue weighted by molar-refractivity contribution is -0.162. The molecule has 0 aromatic heterocycles. The zero-order valence-corrected chi connectivity index (χ0v) is 23.3. The second-order valence-electron chi connectivity index (χ2n) is 11.6. The van der Waals surface area contributed by atoms with Crippen LogP contribution in [0.5, 0.6) is 5.75 Å². The van der Waals surface area contributed by atoms with Crippen molar-refractivity contribution in [2.45, 2.75) is 94.5 Å². The van der Waals surface area contributed by atoms with Gasteiger partial charge in [0.1, 0.15) is 24.0 Å². The molecule has 5 rings (SSSR count). The third-order valence-corrected chi connectivity index (χ3v) is 9.07. The van der Waals surface area contributed by atoms with Gasteiger partial charge in [-0.2, -0.15) is 0 Å². The number of halogens is 2. The summed E-state index contributed by atoms with van der Waals surface area (Å²) in [5.74, 6) is -0.938. The molecule has 220 valence electrons. The average molecular weight is 562 g/mol. The molecule has 0 spiro atoms. The summed E-state index contributed by atoms with van der Waals surface area (Å²) in [7, 11) is 1.65. The van der Waals surface area contributed by atoms with E-state index in [1.807, 2.05) is 24.3 Å². The molecular weight excluding hydrogens is 520 g/mol. The number of nitrogens with one attached hydrogen (secondary N) is 3. The Morgan fingerprint density at radius 1 is 1.05 bits per heavy atom. The van der Waals surface area contributed by atoms with Gasteiger partial charge < -0.3 is 20.7 Å². The van der Waals surface area contributed by atoms with Crippen molar-refractivity contribution in [3.05, 3.63) is 29.8 Å². The molecule has 3 fully saturated rings. The van der Waals surface area contributed by atoms with Crippen molar-refractivity contribution in [3.8, 4) is 5.75 Å². The van der Waals surface area contributed by atoms with E-state index in [0.29, 0.717) is 18.8 Å². The van der Waals surface area contributed by atoms with Crippen molar-refractivity contribution in [2.75, 3.05) is 26.7 Å². The van der Waals surface area contributed by atoms with E-state index in [1.165, 1.54) is 0 Å². The van der Waals surface area contributed by atoms with E-state index in [9.17, 15) is 18.8 Å². The Labute approximate surface area is 234 Å². The van der Waals surface area contributed by atoms with Crippen LogP contribution in [-0.2, 0) is 14.4 Å². The molecule has 40 heavy (non-hydrogen) atoms. The first-order valence-electron chi connectivity index (χ1n) is 14.6. The molecule has 4 aliphatic rings. The minimum atomic E-state index is -1.87. The molecule has 3 N–H and O–H groups in total. The fourth-order valence-electron chi connectivity index (χ4n) is 6.70. The summed E-state index contributed by atoms with van der Waals surface area (Å²) in [5, 5.41) is 8.80. The summed E-state index contributed by atoms with van der Waals surface area (Å²) in [6.07, 6.45) is 1.73. The number of piperazine rings is 1. The second-order valence-corrected chi connectivity index (χ2v) is 11.6. The first-order chi connectivity index (χ1) is 19.3. The lowest BCUT2D eigenvalue weighted by Crippen LogP contribution is -2.69. The number of nitrogens with zero attached hydrogens (tertiary/aromatic N) is 2. The lowest BCUT2D eigenvalue weighted by Gasteiger charge is -2.47. The topological polar surface area (TPSA) is 103 Å². The normalized spacial score (nSPS) is 30.4. The number of carbonyl (C=O) groups is 3. The zero-order chi connectivity index (χ0) is 28.4. The van der Waals surface area contributed by atoms with Gasteiger partial charge in [-0.05, 0) is 38.8 Å². The molecule has 3 heterocycles. The Kier molecular flexibility index (Phi) is 8.89. The van der Waals surface area contributed by atoms with Crippen LogP contribution in [0.3, 0.4) is 0 Å². The molecule has 9 nitrogen and oxygen atoms in total. The second kappa shape index (κ2) is 12.4. The van der Waals surface area contributed by atoms with E-state index < -0.39 is 48.4 Å². The van der Waals surface area contributed by atoms with Crippen molar-refractivity contribution < 1.29 is 27.9 Å². The number of hydrogen-bond donors (Lipinski definition) is 3. The standard InChI is InChI=1S/C29H41F2N5O4/c1-17(32-2)27(37)34-25(18-8-4-3-5-9-18)29(39)36-23(16-35-15-19(30)14-22(35)26(36)31)28(38)33-21-12-13-40-24-11-7-6-10-20(21)24/h6-7,10-11,17-19,21-23,25-26,32H,3-5,8-9,12-16H2,1-2H3,(H,33,38)(H,34,37)/t17-,19?,21+,22+,23-,25-,26?/m0/s1. The van der Waals surface area contributed by atoms with E-state index in [-0.39, 0.29) is 37.4 Å². The highest BCUT2D eigenvalue weighted by Gasteiger charge is 2.53. The quantitative estimate of drug-likeness (QED) is 0.442. The van der Waals surface area contributed by atoms with Crippen LogP contribution < -0.4 is 20.7 Å². The molecule has 3 amide bonds. The maximum Gasteiger partial charge on any atom is 0.248 e. The van der Waals surface area contributed by atoms with E-state index in [4.69, 9.17) is 4.74 Å². The lowest BCUT2D eigenvalue weighted by atomic mass is 9.82. The maximum absolute atomic E-state index is 16.3. The Morgan fingerprint density at radius 2 is 1.80 bits per heavy atom. The third kappa shape index (κ3) is 5.81. The molecular formula is C29H41F2N5O4. The van der Waals surface area contributed by atoms with Gasteiger partial charge in [0, 0.05) is 31.5 Å². The van der Waals surface area contributed by atoms with Crippen molar-refractivity contribution in [3.63, 3.8) is 0 Å². The number of hydrogen-bond acceptors (Lipinski definition) is 6. The van der Waals surface area contributed by atoms with Crippen LogP contribution >= 0.6 is 0 Å². The van der Waals surface area contributed by atoms with E-state index in [0.717, 1.165) is 42.6 Å². The maximum atomic E-state index is 16.3. The fourth-order valence-corrected chi connectivity index (χ4v) is 6.70. The number of ether oxygens (including phenoxy) is 1. The number of alkyl halides is 2. The predicted octanol–water partition coefficient (Wildman–Crippen LogP) is 2.22. The first kappa shape index (κ1) is 28.7. The SMILES string of the molecule is CN[C@@H](C)C(=O)N[C@H](C(=O)N1C(F)[C@H]2CC(F)CN2C[C@H]1C(=O)N[C@@H]1CCOc2ccccc21)C1CCCCC1. The molecule has 1 aromatic carbocycles. The summed E-state index contributed by atoms with van der Waals surface area (Å²) in [6.45, 7) is 2.17. The van der Waals surface area contributed by atoms with Crippen LogP contribution in [0.2, 0.25) is 0 Å². The number of rotatable bonds is 7. The smallest absolute Gasteiger partial charge is 0.248 e. The predicted molar refractivity (Wildman–Crippen MR) is 145 cm³/mol. The van der Waals surface area contributed by atoms with Crippen LogP contribution in [0.1, 0.15) is 63.5 Å². The molecule has 2 saturated heterocycles. The van der Waals surface area contributed by atoms with Gasteiger partial charge in [-0.25, -0.2) is 8.78 Å². The van der Waals surface area contributed by atoms with Crippen molar-refractivity contribution in [2.24, 2.45) is 5.92 Å². The van der Waals surface area contributed by atoms with Gasteiger partial charge in [0.05, 0.1) is 24.7 Å². The third-order valence-electron chi connectivity index (χ3n) is 9.07. The fraction of sp³-hybridized carbons (Fsp3) is 0.690. The van der Waals surface area contributed by atoms with E-state index in [1.54, 1.807) is 18.9 Å². The van der Waals surface area contributed by atoms with Gasteiger partial charge in [0.2, 0.25) is 17.7 Å². The molecule has 3 aliphatic heterocycles. The first-order valence-corrected chi connectivity index (χ1v) is 14.6. The molecule has 0 bridgehead atoms. The van der Waals surface area contributed by atoms with Gasteiger partial charge in [-0.3, -0.25) is 24.2 Å². The van der Waals surface area contributed by atoms with E-state index >= 15 is 4.39 Å². The molecule has 7 atom stereocenters. The average Bonchev–Trinajstić information content (AvgIpc) is 3.36.